The van der Waals surface area contributed by atoms with Crippen molar-refractivity contribution in [2.75, 3.05) is 19.0 Å². The SMILES string of the molecule is COc1ccc(CN2CC(C(=O)Nc3c(C)cccc3C)CC2=O)cc1. The van der Waals surface area contributed by atoms with E-state index in [9.17, 15) is 9.59 Å². The highest BCUT2D eigenvalue weighted by atomic mass is 16.5. The molecule has 5 nitrogen and oxygen atoms in total. The first-order chi connectivity index (χ1) is 12.5. The minimum atomic E-state index is -0.320. The van der Waals surface area contributed by atoms with Gasteiger partial charge < -0.3 is 15.0 Å². The second-order valence-corrected chi connectivity index (χ2v) is 6.78. The second kappa shape index (κ2) is 7.60. The maximum Gasteiger partial charge on any atom is 0.229 e. The van der Waals surface area contributed by atoms with Crippen LogP contribution in [0.4, 0.5) is 5.69 Å². The van der Waals surface area contributed by atoms with Crippen LogP contribution < -0.4 is 10.1 Å². The summed E-state index contributed by atoms with van der Waals surface area (Å²) in [4.78, 5) is 26.7. The van der Waals surface area contributed by atoms with E-state index in [0.717, 1.165) is 28.1 Å². The van der Waals surface area contributed by atoms with Gasteiger partial charge in [0.2, 0.25) is 11.8 Å². The zero-order valence-corrected chi connectivity index (χ0v) is 15.4. The van der Waals surface area contributed by atoms with Crippen molar-refractivity contribution >= 4 is 17.5 Å². The van der Waals surface area contributed by atoms with Gasteiger partial charge in [0.15, 0.2) is 0 Å². The van der Waals surface area contributed by atoms with Crippen LogP contribution in [0.25, 0.3) is 0 Å². The van der Waals surface area contributed by atoms with Crippen molar-refractivity contribution in [2.24, 2.45) is 5.92 Å². The number of para-hydroxylation sites is 1. The predicted octanol–water partition coefficient (Wildman–Crippen LogP) is 3.30. The minimum absolute atomic E-state index is 0.0162. The van der Waals surface area contributed by atoms with Gasteiger partial charge in [-0.15, -0.1) is 0 Å². The molecule has 1 saturated heterocycles. The maximum atomic E-state index is 12.6. The van der Waals surface area contributed by atoms with Crippen LogP contribution in [0, 0.1) is 19.8 Å². The average Bonchev–Trinajstić information content (AvgIpc) is 2.99. The third-order valence-electron chi connectivity index (χ3n) is 4.85. The van der Waals surface area contributed by atoms with Gasteiger partial charge >= 0.3 is 0 Å². The summed E-state index contributed by atoms with van der Waals surface area (Å²) in [7, 11) is 1.62. The third kappa shape index (κ3) is 3.87. The number of benzene rings is 2. The topological polar surface area (TPSA) is 58.6 Å². The van der Waals surface area contributed by atoms with Crippen LogP contribution >= 0.6 is 0 Å². The van der Waals surface area contributed by atoms with Crippen molar-refractivity contribution in [3.05, 3.63) is 59.2 Å². The molecule has 0 spiro atoms. The summed E-state index contributed by atoms with van der Waals surface area (Å²) in [5.41, 5.74) is 3.92. The van der Waals surface area contributed by atoms with E-state index in [1.54, 1.807) is 12.0 Å². The van der Waals surface area contributed by atoms with E-state index in [0.29, 0.717) is 13.1 Å². The molecule has 3 rings (SSSR count). The van der Waals surface area contributed by atoms with E-state index < -0.39 is 0 Å². The summed E-state index contributed by atoms with van der Waals surface area (Å²) in [5, 5.41) is 3.01. The quantitative estimate of drug-likeness (QED) is 0.898. The van der Waals surface area contributed by atoms with Gasteiger partial charge in [0.1, 0.15) is 5.75 Å². The van der Waals surface area contributed by atoms with Gasteiger partial charge in [-0.2, -0.15) is 0 Å². The highest BCUT2D eigenvalue weighted by Crippen LogP contribution is 2.25. The van der Waals surface area contributed by atoms with Crippen LogP contribution in [0.15, 0.2) is 42.5 Å². The van der Waals surface area contributed by atoms with Gasteiger partial charge in [0.25, 0.3) is 0 Å². The van der Waals surface area contributed by atoms with Crippen molar-refractivity contribution in [3.8, 4) is 5.75 Å². The number of methoxy groups -OCH3 is 1. The Morgan fingerprint density at radius 3 is 2.42 bits per heavy atom. The highest BCUT2D eigenvalue weighted by Gasteiger charge is 2.34. The molecule has 1 fully saturated rings. The fraction of sp³-hybridized carbons (Fsp3) is 0.333. The molecule has 1 atom stereocenters. The average molecular weight is 352 g/mol. The molecule has 1 unspecified atom stereocenters. The Bertz CT molecular complexity index is 794. The number of aryl methyl sites for hydroxylation is 2. The Morgan fingerprint density at radius 2 is 1.81 bits per heavy atom. The van der Waals surface area contributed by atoms with E-state index in [-0.39, 0.29) is 24.2 Å². The molecule has 0 radical (unpaired) electrons. The number of carbonyl (C=O) groups is 2. The van der Waals surface area contributed by atoms with Gasteiger partial charge in [-0.3, -0.25) is 9.59 Å². The Hall–Kier alpha value is -2.82. The summed E-state index contributed by atoms with van der Waals surface area (Å²) in [6.45, 7) is 4.90. The molecule has 1 heterocycles. The molecule has 1 N–H and O–H groups in total. The summed E-state index contributed by atoms with van der Waals surface area (Å²) in [6, 6.07) is 13.5. The van der Waals surface area contributed by atoms with E-state index in [1.165, 1.54) is 0 Å². The number of hydrogen-bond donors (Lipinski definition) is 1. The number of amides is 2. The molecule has 0 aromatic heterocycles. The van der Waals surface area contributed by atoms with Crippen molar-refractivity contribution in [3.63, 3.8) is 0 Å². The lowest BCUT2D eigenvalue weighted by atomic mass is 10.1. The monoisotopic (exact) mass is 352 g/mol. The van der Waals surface area contributed by atoms with E-state index in [2.05, 4.69) is 5.32 Å². The van der Waals surface area contributed by atoms with Crippen molar-refractivity contribution in [1.82, 2.24) is 4.90 Å². The summed E-state index contributed by atoms with van der Waals surface area (Å²) in [5.74, 6) is 0.391. The van der Waals surface area contributed by atoms with Crippen LogP contribution in [0.3, 0.4) is 0 Å². The van der Waals surface area contributed by atoms with Crippen molar-refractivity contribution in [2.45, 2.75) is 26.8 Å². The summed E-state index contributed by atoms with van der Waals surface area (Å²) in [6.07, 6.45) is 0.257. The lowest BCUT2D eigenvalue weighted by Gasteiger charge is -2.17. The number of carbonyl (C=O) groups excluding carboxylic acids is 2. The van der Waals surface area contributed by atoms with Crippen LogP contribution in [-0.2, 0) is 16.1 Å². The molecular formula is C21H24N2O3. The summed E-state index contributed by atoms with van der Waals surface area (Å²) >= 11 is 0. The number of nitrogens with one attached hydrogen (secondary N) is 1. The van der Waals surface area contributed by atoms with Gasteiger partial charge in [0, 0.05) is 25.2 Å². The molecule has 1 aliphatic heterocycles. The molecular weight excluding hydrogens is 328 g/mol. The Labute approximate surface area is 154 Å². The van der Waals surface area contributed by atoms with E-state index >= 15 is 0 Å². The van der Waals surface area contributed by atoms with Gasteiger partial charge in [-0.05, 0) is 42.7 Å². The molecule has 136 valence electrons. The fourth-order valence-corrected chi connectivity index (χ4v) is 3.29. The molecule has 0 aliphatic carbocycles. The van der Waals surface area contributed by atoms with Crippen LogP contribution in [0.2, 0.25) is 0 Å². The molecule has 2 aromatic rings. The molecule has 2 amide bonds. The van der Waals surface area contributed by atoms with Crippen molar-refractivity contribution < 1.29 is 14.3 Å². The van der Waals surface area contributed by atoms with Gasteiger partial charge in [0.05, 0.1) is 13.0 Å². The fourth-order valence-electron chi connectivity index (χ4n) is 3.29. The number of likely N-dealkylation sites (tertiary alicyclic amines) is 1. The van der Waals surface area contributed by atoms with Crippen molar-refractivity contribution in [1.29, 1.82) is 0 Å². The number of nitrogens with zero attached hydrogens (tertiary/aromatic N) is 1. The third-order valence-corrected chi connectivity index (χ3v) is 4.85. The zero-order valence-electron chi connectivity index (χ0n) is 15.4. The summed E-state index contributed by atoms with van der Waals surface area (Å²) < 4.78 is 5.15. The molecule has 1 aliphatic rings. The first-order valence-electron chi connectivity index (χ1n) is 8.75. The number of hydrogen-bond acceptors (Lipinski definition) is 3. The van der Waals surface area contributed by atoms with Crippen LogP contribution in [0.5, 0.6) is 5.75 Å². The van der Waals surface area contributed by atoms with Gasteiger partial charge in [-0.1, -0.05) is 30.3 Å². The Kier molecular flexibility index (Phi) is 5.26. The number of rotatable bonds is 5. The molecule has 0 bridgehead atoms. The first-order valence-corrected chi connectivity index (χ1v) is 8.75. The molecule has 5 heteroatoms. The largest absolute Gasteiger partial charge is 0.497 e. The number of ether oxygens (including phenoxy) is 1. The predicted molar refractivity (Wildman–Crippen MR) is 101 cm³/mol. The maximum absolute atomic E-state index is 12.6. The molecule has 2 aromatic carbocycles. The Balaban J connectivity index is 1.64. The minimum Gasteiger partial charge on any atom is -0.497 e. The molecule has 26 heavy (non-hydrogen) atoms. The highest BCUT2D eigenvalue weighted by molar-refractivity contribution is 5.98. The zero-order chi connectivity index (χ0) is 18.7. The lowest BCUT2D eigenvalue weighted by molar-refractivity contribution is -0.128. The van der Waals surface area contributed by atoms with E-state index in [1.807, 2.05) is 56.3 Å². The number of anilines is 1. The van der Waals surface area contributed by atoms with Gasteiger partial charge in [-0.25, -0.2) is 0 Å². The Morgan fingerprint density at radius 1 is 1.15 bits per heavy atom. The lowest BCUT2D eigenvalue weighted by Crippen LogP contribution is -2.28. The standard InChI is InChI=1S/C21H24N2O3/c1-14-5-4-6-15(2)20(14)22-21(25)17-11-19(24)23(13-17)12-16-7-9-18(26-3)10-8-16/h4-10,17H,11-13H2,1-3H3,(H,22,25). The normalized spacial score (nSPS) is 16.7. The molecule has 0 saturated carbocycles. The smallest absolute Gasteiger partial charge is 0.229 e. The van der Waals surface area contributed by atoms with Crippen LogP contribution in [0.1, 0.15) is 23.1 Å². The van der Waals surface area contributed by atoms with E-state index in [4.69, 9.17) is 4.74 Å². The second-order valence-electron chi connectivity index (χ2n) is 6.78. The van der Waals surface area contributed by atoms with Crippen LogP contribution in [-0.4, -0.2) is 30.4 Å². The first kappa shape index (κ1) is 18.0.